The first-order valence-electron chi connectivity index (χ1n) is 7.75. The normalized spacial score (nSPS) is 16.8. The van der Waals surface area contributed by atoms with Gasteiger partial charge in [-0.05, 0) is 37.5 Å². The lowest BCUT2D eigenvalue weighted by atomic mass is 9.89. The van der Waals surface area contributed by atoms with Crippen LogP contribution in [0, 0.1) is 12.0 Å². The topological polar surface area (TPSA) is 81.2 Å². The van der Waals surface area contributed by atoms with Crippen molar-refractivity contribution in [1.29, 1.82) is 0 Å². The van der Waals surface area contributed by atoms with E-state index in [-0.39, 0.29) is 11.7 Å². The molecule has 125 valence electrons. The van der Waals surface area contributed by atoms with Crippen LogP contribution >= 0.6 is 0 Å². The number of hydrogen-bond donors (Lipinski definition) is 1. The van der Waals surface area contributed by atoms with Gasteiger partial charge >= 0.3 is 0 Å². The Bertz CT molecular complexity index is 765. The van der Waals surface area contributed by atoms with Crippen LogP contribution in [0.3, 0.4) is 0 Å². The van der Waals surface area contributed by atoms with Crippen LogP contribution in [0.4, 0.5) is 4.39 Å². The van der Waals surface area contributed by atoms with E-state index in [1.807, 2.05) is 0 Å². The molecule has 1 radical (unpaired) electrons. The molecule has 24 heavy (non-hydrogen) atoms. The number of nitrogens with zero attached hydrogens (tertiary/aromatic N) is 3. The smallest absolute Gasteiger partial charge is 0.284 e. The van der Waals surface area contributed by atoms with Gasteiger partial charge in [-0.15, -0.1) is 0 Å². The van der Waals surface area contributed by atoms with Gasteiger partial charge < -0.3 is 15.2 Å². The molecular weight excluding hydrogens is 311 g/mol. The number of aromatic nitrogens is 2. The molecule has 2 N–H and O–H groups in total. The van der Waals surface area contributed by atoms with Crippen molar-refractivity contribution in [3.63, 3.8) is 0 Å². The summed E-state index contributed by atoms with van der Waals surface area (Å²) in [5, 5.41) is 0. The molecule has 1 unspecified atom stereocenters. The zero-order chi connectivity index (χ0) is 17.3. The Morgan fingerprint density at radius 3 is 2.46 bits per heavy atom. The third-order valence-corrected chi connectivity index (χ3v) is 4.50. The summed E-state index contributed by atoms with van der Waals surface area (Å²) in [6, 6.07) is 5.65. The summed E-state index contributed by atoms with van der Waals surface area (Å²) in [4.78, 5) is 30.5. The molecule has 0 saturated carbocycles. The van der Waals surface area contributed by atoms with Gasteiger partial charge in [-0.25, -0.2) is 9.37 Å². The summed E-state index contributed by atoms with van der Waals surface area (Å²) in [5.74, 6) is -1.39. The standard InChI is InChI=1S/C17H18FN4O2/c1-17(12-4-6-13(18)7-5-12,16(24)21-9-2-3-10-21)22-11-8-20-15(22)14(19)23/h4-7,11H,2-3,9-10H2,1H3,(H2,19,23). The Balaban J connectivity index is 2.16. The number of halogens is 1. The van der Waals surface area contributed by atoms with Gasteiger partial charge in [0.25, 0.3) is 11.8 Å². The predicted octanol–water partition coefficient (Wildman–Crippen LogP) is 1.31. The number of carbonyl (C=O) groups is 2. The minimum atomic E-state index is -1.25. The Labute approximate surface area is 139 Å². The van der Waals surface area contributed by atoms with Gasteiger partial charge in [0.2, 0.25) is 5.82 Å². The average molecular weight is 329 g/mol. The summed E-state index contributed by atoms with van der Waals surface area (Å²) in [5.41, 5.74) is 4.68. The Morgan fingerprint density at radius 1 is 1.25 bits per heavy atom. The van der Waals surface area contributed by atoms with Crippen molar-refractivity contribution in [3.05, 3.63) is 53.9 Å². The largest absolute Gasteiger partial charge is 0.363 e. The highest BCUT2D eigenvalue weighted by molar-refractivity contribution is 5.93. The van der Waals surface area contributed by atoms with E-state index in [1.165, 1.54) is 35.0 Å². The molecule has 1 aliphatic heterocycles. The molecule has 0 aliphatic carbocycles. The van der Waals surface area contributed by atoms with Crippen LogP contribution < -0.4 is 5.73 Å². The van der Waals surface area contributed by atoms with Gasteiger partial charge in [-0.3, -0.25) is 9.59 Å². The van der Waals surface area contributed by atoms with Crippen LogP contribution in [0.25, 0.3) is 0 Å². The number of hydrogen-bond acceptors (Lipinski definition) is 3. The van der Waals surface area contributed by atoms with Crippen LogP contribution in [-0.4, -0.2) is 39.4 Å². The predicted molar refractivity (Wildman–Crippen MR) is 84.5 cm³/mol. The lowest BCUT2D eigenvalue weighted by Crippen LogP contribution is -2.49. The molecule has 3 rings (SSSR count). The number of benzene rings is 1. The highest BCUT2D eigenvalue weighted by Crippen LogP contribution is 2.31. The highest BCUT2D eigenvalue weighted by atomic mass is 19.1. The third-order valence-electron chi connectivity index (χ3n) is 4.50. The van der Waals surface area contributed by atoms with E-state index < -0.39 is 17.3 Å². The fourth-order valence-electron chi connectivity index (χ4n) is 3.15. The van der Waals surface area contributed by atoms with Gasteiger partial charge in [0, 0.05) is 19.3 Å². The molecule has 1 aliphatic rings. The first-order valence-corrected chi connectivity index (χ1v) is 7.75. The lowest BCUT2D eigenvalue weighted by molar-refractivity contribution is -0.137. The Kier molecular flexibility index (Phi) is 4.09. The first kappa shape index (κ1) is 16.2. The summed E-state index contributed by atoms with van der Waals surface area (Å²) < 4.78 is 14.8. The van der Waals surface area contributed by atoms with Crippen LogP contribution in [0.5, 0.6) is 0 Å². The van der Waals surface area contributed by atoms with Crippen molar-refractivity contribution in [2.24, 2.45) is 5.73 Å². The third kappa shape index (κ3) is 2.55. The van der Waals surface area contributed by atoms with Gasteiger partial charge in [0.05, 0.1) is 0 Å². The number of rotatable bonds is 4. The van der Waals surface area contributed by atoms with E-state index in [0.29, 0.717) is 18.7 Å². The van der Waals surface area contributed by atoms with Crippen LogP contribution in [-0.2, 0) is 10.3 Å². The van der Waals surface area contributed by atoms with Gasteiger partial charge in [0.15, 0.2) is 0 Å². The monoisotopic (exact) mass is 329 g/mol. The molecule has 6 nitrogen and oxygen atoms in total. The SMILES string of the molecule is CC(C(=O)N1CCCC1)(c1ccc(F)cc1)n1c[c]nc1C(N)=O. The van der Waals surface area contributed by atoms with E-state index in [1.54, 1.807) is 11.8 Å². The average Bonchev–Trinajstić information content (AvgIpc) is 3.25. The molecule has 2 aromatic rings. The zero-order valence-electron chi connectivity index (χ0n) is 13.3. The van der Waals surface area contributed by atoms with Crippen LogP contribution in [0.1, 0.15) is 35.9 Å². The number of amides is 2. The second kappa shape index (κ2) is 6.07. The number of primary amides is 1. The van der Waals surface area contributed by atoms with Crippen molar-refractivity contribution >= 4 is 11.8 Å². The van der Waals surface area contributed by atoms with Crippen molar-refractivity contribution in [3.8, 4) is 0 Å². The number of nitrogens with two attached hydrogens (primary N) is 1. The minimum absolute atomic E-state index is 0.0608. The molecular formula is C17H18FN4O2. The Morgan fingerprint density at radius 2 is 1.88 bits per heavy atom. The number of imidazole rings is 1. The number of likely N-dealkylation sites (tertiary alicyclic amines) is 1. The second-order valence-corrected chi connectivity index (χ2v) is 6.01. The van der Waals surface area contributed by atoms with Crippen molar-refractivity contribution < 1.29 is 14.0 Å². The van der Waals surface area contributed by atoms with Gasteiger partial charge in [0.1, 0.15) is 17.6 Å². The summed E-state index contributed by atoms with van der Waals surface area (Å²) in [7, 11) is 0. The van der Waals surface area contributed by atoms with Crippen LogP contribution in [0.2, 0.25) is 0 Å². The van der Waals surface area contributed by atoms with E-state index in [2.05, 4.69) is 11.2 Å². The zero-order valence-corrected chi connectivity index (χ0v) is 13.3. The van der Waals surface area contributed by atoms with E-state index in [0.717, 1.165) is 12.8 Å². The van der Waals surface area contributed by atoms with Crippen molar-refractivity contribution in [1.82, 2.24) is 14.5 Å². The maximum atomic E-state index is 13.3. The second-order valence-electron chi connectivity index (χ2n) is 6.01. The maximum absolute atomic E-state index is 13.3. The molecule has 2 amide bonds. The highest BCUT2D eigenvalue weighted by Gasteiger charge is 2.42. The minimum Gasteiger partial charge on any atom is -0.363 e. The van der Waals surface area contributed by atoms with Gasteiger partial charge in [-0.2, -0.15) is 0 Å². The van der Waals surface area contributed by atoms with E-state index in [9.17, 15) is 14.0 Å². The fraction of sp³-hybridized carbons (Fsp3) is 0.353. The molecule has 7 heteroatoms. The summed E-state index contributed by atoms with van der Waals surface area (Å²) in [6.07, 6.45) is 5.88. The lowest BCUT2D eigenvalue weighted by Gasteiger charge is -2.35. The Hall–Kier alpha value is -2.70. The van der Waals surface area contributed by atoms with Crippen molar-refractivity contribution in [2.75, 3.05) is 13.1 Å². The molecule has 0 spiro atoms. The molecule has 2 heterocycles. The van der Waals surface area contributed by atoms with E-state index >= 15 is 0 Å². The van der Waals surface area contributed by atoms with E-state index in [4.69, 9.17) is 5.73 Å². The maximum Gasteiger partial charge on any atom is 0.284 e. The summed E-state index contributed by atoms with van der Waals surface area (Å²) in [6.45, 7) is 2.99. The first-order chi connectivity index (χ1) is 11.4. The molecule has 1 aromatic heterocycles. The molecule has 1 atom stereocenters. The van der Waals surface area contributed by atoms with Crippen molar-refractivity contribution in [2.45, 2.75) is 25.3 Å². The molecule has 1 aromatic carbocycles. The fourth-order valence-corrected chi connectivity index (χ4v) is 3.15. The summed E-state index contributed by atoms with van der Waals surface area (Å²) >= 11 is 0. The van der Waals surface area contributed by atoms with Crippen LogP contribution in [0.15, 0.2) is 30.5 Å². The number of carbonyl (C=O) groups excluding carboxylic acids is 2. The molecule has 0 bridgehead atoms. The van der Waals surface area contributed by atoms with Gasteiger partial charge in [-0.1, -0.05) is 12.1 Å². The molecule has 1 fully saturated rings. The quantitative estimate of drug-likeness (QED) is 0.918. The molecule has 1 saturated heterocycles.